The number of rotatable bonds is 9. The van der Waals surface area contributed by atoms with Crippen molar-refractivity contribution in [3.05, 3.63) is 16.4 Å². The molecule has 1 amide bonds. The maximum absolute atomic E-state index is 12.4. The molecule has 11 heteroatoms. The quantitative estimate of drug-likeness (QED) is 0.458. The summed E-state index contributed by atoms with van der Waals surface area (Å²) in [7, 11) is 0. The van der Waals surface area contributed by atoms with Crippen LogP contribution < -0.4 is 5.32 Å². The molecule has 0 spiro atoms. The van der Waals surface area contributed by atoms with Crippen LogP contribution in [0.2, 0.25) is 0 Å². The first-order chi connectivity index (χ1) is 14.5. The Labute approximate surface area is 182 Å². The van der Waals surface area contributed by atoms with Crippen molar-refractivity contribution < 1.29 is 19.1 Å². The van der Waals surface area contributed by atoms with E-state index in [1.54, 1.807) is 13.8 Å². The average Bonchev–Trinajstić information content (AvgIpc) is 3.10. The van der Waals surface area contributed by atoms with E-state index in [0.717, 1.165) is 61.2 Å². The number of hydrogen-bond donors (Lipinski definition) is 1. The molecule has 30 heavy (non-hydrogen) atoms. The summed E-state index contributed by atoms with van der Waals surface area (Å²) in [5.74, 6) is 1.03. The third kappa shape index (κ3) is 5.01. The van der Waals surface area contributed by atoms with Crippen LogP contribution in [0.15, 0.2) is 5.16 Å². The summed E-state index contributed by atoms with van der Waals surface area (Å²) in [4.78, 5) is 29.0. The van der Waals surface area contributed by atoms with Gasteiger partial charge >= 0.3 is 5.97 Å². The van der Waals surface area contributed by atoms with Crippen molar-refractivity contribution in [3.63, 3.8) is 0 Å². The van der Waals surface area contributed by atoms with Gasteiger partial charge in [0.15, 0.2) is 10.3 Å². The summed E-state index contributed by atoms with van der Waals surface area (Å²) in [6, 6.07) is 0. The molecule has 1 N–H and O–H groups in total. The van der Waals surface area contributed by atoms with E-state index in [9.17, 15) is 9.59 Å². The van der Waals surface area contributed by atoms with Gasteiger partial charge in [-0.1, -0.05) is 23.1 Å². The molecule has 3 heterocycles. The van der Waals surface area contributed by atoms with Crippen molar-refractivity contribution in [3.8, 4) is 0 Å². The van der Waals surface area contributed by atoms with Crippen molar-refractivity contribution >= 4 is 40.1 Å². The Kier molecular flexibility index (Phi) is 6.69. The largest absolute Gasteiger partial charge is 0.462 e. The summed E-state index contributed by atoms with van der Waals surface area (Å²) >= 11 is 2.48. The maximum atomic E-state index is 12.4. The predicted molar refractivity (Wildman–Crippen MR) is 113 cm³/mol. The fraction of sp³-hybridized carbons (Fsp3) is 0.632. The molecule has 4 rings (SSSR count). The number of nitrogens with zero attached hydrogens (tertiary/aromatic N) is 4. The fourth-order valence-corrected chi connectivity index (χ4v) is 4.97. The number of esters is 1. The van der Waals surface area contributed by atoms with E-state index in [1.165, 1.54) is 11.8 Å². The molecule has 1 aliphatic heterocycles. The van der Waals surface area contributed by atoms with Crippen LogP contribution in [0.25, 0.3) is 0 Å². The number of thioether (sulfide) groups is 1. The van der Waals surface area contributed by atoms with Gasteiger partial charge in [-0.2, -0.15) is 0 Å². The van der Waals surface area contributed by atoms with E-state index < -0.39 is 5.97 Å². The molecule has 1 aliphatic carbocycles. The van der Waals surface area contributed by atoms with Crippen molar-refractivity contribution in [2.45, 2.75) is 63.3 Å². The molecule has 0 radical (unpaired) electrons. The van der Waals surface area contributed by atoms with E-state index in [1.807, 2.05) is 0 Å². The van der Waals surface area contributed by atoms with Crippen LogP contribution in [0.3, 0.4) is 0 Å². The number of hydrogen-bond acceptors (Lipinski definition) is 9. The topological polar surface area (TPSA) is 108 Å². The molecule has 1 atom stereocenters. The van der Waals surface area contributed by atoms with E-state index >= 15 is 0 Å². The Morgan fingerprint density at radius 3 is 2.87 bits per heavy atom. The zero-order valence-corrected chi connectivity index (χ0v) is 18.7. The van der Waals surface area contributed by atoms with Gasteiger partial charge in [-0.25, -0.2) is 9.78 Å². The highest BCUT2D eigenvalue weighted by molar-refractivity contribution is 7.99. The molecule has 2 aromatic heterocycles. The Hall–Kier alpha value is -1.98. The van der Waals surface area contributed by atoms with E-state index in [4.69, 9.17) is 9.47 Å². The number of amides is 1. The second kappa shape index (κ2) is 9.44. The molecule has 2 aromatic rings. The lowest BCUT2D eigenvalue weighted by Crippen LogP contribution is -2.19. The van der Waals surface area contributed by atoms with Gasteiger partial charge in [0.2, 0.25) is 5.91 Å². The zero-order valence-electron chi connectivity index (χ0n) is 17.0. The minimum atomic E-state index is -0.419. The lowest BCUT2D eigenvalue weighted by Gasteiger charge is -2.14. The number of ether oxygens (including phenoxy) is 2. The summed E-state index contributed by atoms with van der Waals surface area (Å²) in [6.45, 7) is 5.30. The first kappa shape index (κ1) is 21.3. The standard InChI is InChI=1S/C19H25N5O4S2/c1-3-27-17(26)15-11(2)20-18(30-15)21-14(25)10-29-19-23-22-16(12-6-7-12)24(19)9-13-5-4-8-28-13/h12-13H,3-10H2,1-2H3,(H,20,21,25). The Bertz CT molecular complexity index is 918. The number of anilines is 1. The van der Waals surface area contributed by atoms with Gasteiger partial charge in [0, 0.05) is 12.5 Å². The monoisotopic (exact) mass is 451 g/mol. The van der Waals surface area contributed by atoms with Crippen LogP contribution in [-0.2, 0) is 20.8 Å². The molecule has 1 saturated heterocycles. The minimum absolute atomic E-state index is 0.182. The van der Waals surface area contributed by atoms with E-state index in [-0.39, 0.29) is 17.8 Å². The average molecular weight is 452 g/mol. The van der Waals surface area contributed by atoms with Gasteiger partial charge in [-0.15, -0.1) is 10.2 Å². The maximum Gasteiger partial charge on any atom is 0.350 e. The van der Waals surface area contributed by atoms with Crippen LogP contribution in [-0.4, -0.2) is 56.7 Å². The van der Waals surface area contributed by atoms with Gasteiger partial charge in [0.25, 0.3) is 0 Å². The molecule has 1 saturated carbocycles. The summed E-state index contributed by atoms with van der Waals surface area (Å²) in [6.07, 6.45) is 4.59. The zero-order chi connectivity index (χ0) is 21.1. The lowest BCUT2D eigenvalue weighted by atomic mass is 10.2. The Morgan fingerprint density at radius 1 is 1.33 bits per heavy atom. The smallest absolute Gasteiger partial charge is 0.350 e. The number of aromatic nitrogens is 4. The highest BCUT2D eigenvalue weighted by Gasteiger charge is 2.32. The van der Waals surface area contributed by atoms with Gasteiger partial charge in [-0.3, -0.25) is 4.79 Å². The SMILES string of the molecule is CCOC(=O)c1sc(NC(=O)CSc2nnc(C3CC3)n2CC2CCCO2)nc1C. The van der Waals surface area contributed by atoms with Gasteiger partial charge in [0.1, 0.15) is 10.7 Å². The van der Waals surface area contributed by atoms with Crippen molar-refractivity contribution in [2.24, 2.45) is 0 Å². The molecule has 0 bridgehead atoms. The fourth-order valence-electron chi connectivity index (χ4n) is 3.34. The summed E-state index contributed by atoms with van der Waals surface area (Å²) in [5, 5.41) is 12.6. The number of carbonyl (C=O) groups excluding carboxylic acids is 2. The lowest BCUT2D eigenvalue weighted by molar-refractivity contribution is -0.113. The van der Waals surface area contributed by atoms with Crippen LogP contribution >= 0.6 is 23.1 Å². The Morgan fingerprint density at radius 2 is 2.17 bits per heavy atom. The minimum Gasteiger partial charge on any atom is -0.462 e. The molecule has 9 nitrogen and oxygen atoms in total. The van der Waals surface area contributed by atoms with Crippen molar-refractivity contribution in [1.29, 1.82) is 0 Å². The number of thiazole rings is 1. The molecule has 1 unspecified atom stereocenters. The molecular weight excluding hydrogens is 426 g/mol. The first-order valence-corrected chi connectivity index (χ1v) is 12.0. The third-order valence-corrected chi connectivity index (χ3v) is 6.95. The van der Waals surface area contributed by atoms with Crippen molar-refractivity contribution in [2.75, 3.05) is 24.3 Å². The molecule has 2 fully saturated rings. The molecular formula is C19H25N5O4S2. The second-order valence-electron chi connectivity index (χ2n) is 7.35. The molecule has 0 aromatic carbocycles. The van der Waals surface area contributed by atoms with Crippen LogP contribution in [0.5, 0.6) is 0 Å². The summed E-state index contributed by atoms with van der Waals surface area (Å²) in [5.41, 5.74) is 0.548. The van der Waals surface area contributed by atoms with E-state index in [0.29, 0.717) is 28.2 Å². The third-order valence-electron chi connectivity index (χ3n) is 4.93. The van der Waals surface area contributed by atoms with Gasteiger partial charge in [0.05, 0.1) is 30.7 Å². The van der Waals surface area contributed by atoms with E-state index in [2.05, 4.69) is 25.1 Å². The first-order valence-electron chi connectivity index (χ1n) is 10.2. The number of carbonyl (C=O) groups is 2. The van der Waals surface area contributed by atoms with Crippen molar-refractivity contribution in [1.82, 2.24) is 19.7 Å². The molecule has 162 valence electrons. The number of aryl methyl sites for hydroxylation is 1. The second-order valence-corrected chi connectivity index (χ2v) is 9.29. The van der Waals surface area contributed by atoms with Gasteiger partial charge < -0.3 is 19.4 Å². The number of nitrogens with one attached hydrogen (secondary N) is 1. The van der Waals surface area contributed by atoms with Crippen LogP contribution in [0, 0.1) is 6.92 Å². The normalized spacial score (nSPS) is 18.5. The summed E-state index contributed by atoms with van der Waals surface area (Å²) < 4.78 is 12.9. The van der Waals surface area contributed by atoms with Crippen LogP contribution in [0.1, 0.15) is 59.7 Å². The van der Waals surface area contributed by atoms with Crippen LogP contribution in [0.4, 0.5) is 5.13 Å². The van der Waals surface area contributed by atoms with Gasteiger partial charge in [-0.05, 0) is 39.5 Å². The highest BCUT2D eigenvalue weighted by atomic mass is 32.2. The highest BCUT2D eigenvalue weighted by Crippen LogP contribution is 2.40. The Balaban J connectivity index is 1.37. The predicted octanol–water partition coefficient (Wildman–Crippen LogP) is 3.01. The molecule has 2 aliphatic rings.